The van der Waals surface area contributed by atoms with Crippen LogP contribution in [0.15, 0.2) is 73.8 Å². The minimum absolute atomic E-state index is 0.315. The third-order valence-corrected chi connectivity index (χ3v) is 11.3. The van der Waals surface area contributed by atoms with Crippen LogP contribution in [0.2, 0.25) is 0 Å². The van der Waals surface area contributed by atoms with Crippen LogP contribution in [0.5, 0.6) is 23.0 Å². The fourth-order valence-corrected chi connectivity index (χ4v) is 8.82. The molecule has 268 valence electrons. The quantitative estimate of drug-likeness (QED) is 0.118. The van der Waals surface area contributed by atoms with Crippen LogP contribution >= 0.6 is 0 Å². The Labute approximate surface area is 306 Å². The Balaban J connectivity index is 0.000000169. The molecular weight excluding hydrogens is 649 g/mol. The van der Waals surface area contributed by atoms with Gasteiger partial charge in [0, 0.05) is 34.4 Å². The molecule has 4 aromatic rings. The first kappa shape index (κ1) is 35.3. The topological polar surface area (TPSA) is 93.1 Å². The highest BCUT2D eigenvalue weighted by Crippen LogP contribution is 2.48. The van der Waals surface area contributed by atoms with Gasteiger partial charge in [0.15, 0.2) is 0 Å². The summed E-state index contributed by atoms with van der Waals surface area (Å²) in [6.45, 7) is 7.06. The Morgan fingerprint density at radius 1 is 0.442 bits per heavy atom. The summed E-state index contributed by atoms with van der Waals surface area (Å²) in [7, 11) is 0. The standard InChI is InChI=1S/C26H26O4.C20H22O2/c1-3-23(27)29-21-15-13-17-9-5-7-11-19(17)25(21)26-20-12-8-6-10-18(20)14-16-22(26)30-24(28)4-2;21-17-11-9-13-5-1-3-7-15(13)19(17)20-16-8-4-2-6-14(16)10-12-18(20)22/h3-4,13-16H,1-2,5-12H2;9-12,21-22H,1-8H2. The van der Waals surface area contributed by atoms with Gasteiger partial charge in [-0.05, 0) is 172 Å². The Morgan fingerprint density at radius 2 is 0.731 bits per heavy atom. The first-order chi connectivity index (χ1) is 25.4. The van der Waals surface area contributed by atoms with E-state index in [1.807, 2.05) is 12.1 Å². The number of hydrogen-bond donors (Lipinski definition) is 2. The molecule has 0 saturated heterocycles. The smallest absolute Gasteiger partial charge is 0.335 e. The number of esters is 2. The largest absolute Gasteiger partial charge is 0.507 e. The maximum absolute atomic E-state index is 12.1. The van der Waals surface area contributed by atoms with Crippen molar-refractivity contribution >= 4 is 11.9 Å². The van der Waals surface area contributed by atoms with Crippen molar-refractivity contribution in [1.29, 1.82) is 0 Å². The van der Waals surface area contributed by atoms with Crippen molar-refractivity contribution in [2.75, 3.05) is 0 Å². The second-order valence-electron chi connectivity index (χ2n) is 14.4. The van der Waals surface area contributed by atoms with Crippen LogP contribution in [0.4, 0.5) is 0 Å². The molecule has 0 amide bonds. The van der Waals surface area contributed by atoms with E-state index in [1.165, 1.54) is 82.3 Å². The van der Waals surface area contributed by atoms with Crippen LogP contribution in [0, 0.1) is 0 Å². The SMILES string of the molecule is C=CC(=O)Oc1ccc2c(c1-c1c(OC(=O)C=C)ccc3c1CCCC3)CCCC2.Oc1ccc2c(c1-c1c(O)ccc3c1CCCC3)CCCC2. The van der Waals surface area contributed by atoms with Gasteiger partial charge in [-0.3, -0.25) is 0 Å². The molecule has 0 bridgehead atoms. The highest BCUT2D eigenvalue weighted by Gasteiger charge is 2.28. The molecule has 2 N–H and O–H groups in total. The molecule has 0 radical (unpaired) electrons. The number of ether oxygens (including phenoxy) is 2. The summed E-state index contributed by atoms with van der Waals surface area (Å²) < 4.78 is 11.3. The average molecular weight is 697 g/mol. The summed E-state index contributed by atoms with van der Waals surface area (Å²) in [6.07, 6.45) is 19.5. The second kappa shape index (κ2) is 15.6. The van der Waals surface area contributed by atoms with Crippen molar-refractivity contribution in [3.05, 3.63) is 118 Å². The van der Waals surface area contributed by atoms with E-state index in [1.54, 1.807) is 12.1 Å². The first-order valence-electron chi connectivity index (χ1n) is 19.0. The van der Waals surface area contributed by atoms with Gasteiger partial charge in [0.2, 0.25) is 0 Å². The molecule has 52 heavy (non-hydrogen) atoms. The van der Waals surface area contributed by atoms with Gasteiger partial charge in [0.25, 0.3) is 0 Å². The Morgan fingerprint density at radius 3 is 1.06 bits per heavy atom. The van der Waals surface area contributed by atoms with Crippen LogP contribution in [0.1, 0.15) is 95.9 Å². The summed E-state index contributed by atoms with van der Waals surface area (Å²) in [6, 6.07) is 15.6. The second-order valence-corrected chi connectivity index (χ2v) is 14.4. The molecular formula is C46H48O6. The molecule has 4 aromatic carbocycles. The van der Waals surface area contributed by atoms with Gasteiger partial charge in [-0.25, -0.2) is 9.59 Å². The van der Waals surface area contributed by atoms with Gasteiger partial charge in [-0.1, -0.05) is 37.4 Å². The van der Waals surface area contributed by atoms with Gasteiger partial charge in [0.05, 0.1) is 0 Å². The lowest BCUT2D eigenvalue weighted by Gasteiger charge is -2.27. The van der Waals surface area contributed by atoms with E-state index >= 15 is 0 Å². The summed E-state index contributed by atoms with van der Waals surface area (Å²) in [4.78, 5) is 24.2. The predicted molar refractivity (Wildman–Crippen MR) is 205 cm³/mol. The third kappa shape index (κ3) is 7.04. The Hall–Kier alpha value is -5.10. The van der Waals surface area contributed by atoms with E-state index in [9.17, 15) is 19.8 Å². The Bertz CT molecular complexity index is 1910. The lowest BCUT2D eigenvalue weighted by atomic mass is 9.80. The molecule has 0 atom stereocenters. The molecule has 0 fully saturated rings. The molecule has 0 heterocycles. The van der Waals surface area contributed by atoms with Crippen molar-refractivity contribution in [3.8, 4) is 45.3 Å². The lowest BCUT2D eigenvalue weighted by molar-refractivity contribution is -0.129. The molecule has 0 spiro atoms. The van der Waals surface area contributed by atoms with Crippen molar-refractivity contribution in [3.63, 3.8) is 0 Å². The van der Waals surface area contributed by atoms with Gasteiger partial charge >= 0.3 is 11.9 Å². The lowest BCUT2D eigenvalue weighted by Crippen LogP contribution is -2.14. The highest BCUT2D eigenvalue weighted by atomic mass is 16.5. The number of hydrogen-bond acceptors (Lipinski definition) is 6. The zero-order valence-electron chi connectivity index (χ0n) is 30.0. The van der Waals surface area contributed by atoms with E-state index in [0.29, 0.717) is 23.0 Å². The summed E-state index contributed by atoms with van der Waals surface area (Å²) in [5.41, 5.74) is 13.6. The number of carbonyl (C=O) groups excluding carboxylic acids is 2. The van der Waals surface area contributed by atoms with Gasteiger partial charge in [-0.2, -0.15) is 0 Å². The fraction of sp³-hybridized carbons (Fsp3) is 0.348. The first-order valence-corrected chi connectivity index (χ1v) is 19.0. The van der Waals surface area contributed by atoms with Gasteiger partial charge < -0.3 is 19.7 Å². The van der Waals surface area contributed by atoms with Gasteiger partial charge in [0.1, 0.15) is 23.0 Å². The number of carbonyl (C=O) groups is 2. The number of benzene rings is 4. The number of phenols is 2. The van der Waals surface area contributed by atoms with Crippen molar-refractivity contribution in [1.82, 2.24) is 0 Å². The van der Waals surface area contributed by atoms with Crippen LogP contribution in [-0.4, -0.2) is 22.2 Å². The number of rotatable bonds is 6. The maximum atomic E-state index is 12.1. The van der Waals surface area contributed by atoms with E-state index < -0.39 is 11.9 Å². The minimum Gasteiger partial charge on any atom is -0.507 e. The van der Waals surface area contributed by atoms with Gasteiger partial charge in [-0.15, -0.1) is 0 Å². The molecule has 4 aliphatic rings. The van der Waals surface area contributed by atoms with Crippen molar-refractivity contribution < 1.29 is 29.3 Å². The molecule has 6 nitrogen and oxygen atoms in total. The van der Waals surface area contributed by atoms with E-state index in [0.717, 1.165) is 99.3 Å². The normalized spacial score (nSPS) is 15.7. The van der Waals surface area contributed by atoms with Crippen molar-refractivity contribution in [2.24, 2.45) is 0 Å². The zero-order chi connectivity index (χ0) is 36.2. The summed E-state index contributed by atoms with van der Waals surface area (Å²) in [5, 5.41) is 21.1. The summed E-state index contributed by atoms with van der Waals surface area (Å²) >= 11 is 0. The van der Waals surface area contributed by atoms with Crippen LogP contribution in [0.3, 0.4) is 0 Å². The third-order valence-electron chi connectivity index (χ3n) is 11.3. The monoisotopic (exact) mass is 696 g/mol. The van der Waals surface area contributed by atoms with Crippen molar-refractivity contribution in [2.45, 2.75) is 103 Å². The number of aryl methyl sites for hydroxylation is 4. The number of phenolic OH excluding ortho intramolecular Hbond substituents is 2. The minimum atomic E-state index is -0.499. The Kier molecular flexibility index (Phi) is 10.6. The van der Waals surface area contributed by atoms with E-state index in [2.05, 4.69) is 37.4 Å². The molecule has 0 aliphatic heterocycles. The molecule has 0 saturated carbocycles. The number of aromatic hydroxyl groups is 2. The molecule has 0 aromatic heterocycles. The maximum Gasteiger partial charge on any atom is 0.335 e. The molecule has 6 heteroatoms. The molecule has 4 aliphatic carbocycles. The predicted octanol–water partition coefficient (Wildman–Crippen LogP) is 9.82. The van der Waals surface area contributed by atoms with E-state index in [4.69, 9.17) is 9.47 Å². The van der Waals surface area contributed by atoms with E-state index in [-0.39, 0.29) is 0 Å². The fourth-order valence-electron chi connectivity index (χ4n) is 8.82. The zero-order valence-corrected chi connectivity index (χ0v) is 30.0. The highest BCUT2D eigenvalue weighted by molar-refractivity contribution is 5.91. The summed E-state index contributed by atoms with van der Waals surface area (Å²) in [5.74, 6) is 0.624. The average Bonchev–Trinajstić information content (AvgIpc) is 3.18. The van der Waals surface area contributed by atoms with Crippen LogP contribution in [0.25, 0.3) is 22.3 Å². The molecule has 8 rings (SSSR count). The van der Waals surface area contributed by atoms with Crippen LogP contribution < -0.4 is 9.47 Å². The molecule has 0 unspecified atom stereocenters. The number of fused-ring (bicyclic) bond motifs is 4. The van der Waals surface area contributed by atoms with Crippen LogP contribution in [-0.2, 0) is 61.0 Å².